The van der Waals surface area contributed by atoms with Crippen molar-refractivity contribution in [1.82, 2.24) is 0 Å². The summed E-state index contributed by atoms with van der Waals surface area (Å²) in [6.07, 6.45) is 0. The zero-order chi connectivity index (χ0) is 13.3. The maximum atomic E-state index is 11.0. The van der Waals surface area contributed by atoms with Gasteiger partial charge in [0, 0.05) is 16.7 Å². The predicted octanol–water partition coefficient (Wildman–Crippen LogP) is 2.76. The number of morpholine rings is 1. The Morgan fingerprint density at radius 1 is 1.50 bits per heavy atom. The maximum absolute atomic E-state index is 11.0. The van der Waals surface area contributed by atoms with Gasteiger partial charge in [0.2, 0.25) is 0 Å². The smallest absolute Gasteiger partial charge is 0.336 e. The molecule has 1 aromatic carbocycles. The van der Waals surface area contributed by atoms with Crippen LogP contribution in [0.25, 0.3) is 0 Å². The number of benzene rings is 1. The van der Waals surface area contributed by atoms with Gasteiger partial charge in [-0.05, 0) is 48.0 Å². The Morgan fingerprint density at radius 3 is 2.78 bits per heavy atom. The number of hydrogen-bond acceptors (Lipinski definition) is 3. The molecule has 5 heteroatoms. The molecule has 0 amide bonds. The van der Waals surface area contributed by atoms with Crippen LogP contribution in [0, 0.1) is 0 Å². The zero-order valence-electron chi connectivity index (χ0n) is 10.4. The molecular weight excluding hydrogens is 298 g/mol. The first kappa shape index (κ1) is 13.4. The van der Waals surface area contributed by atoms with E-state index < -0.39 is 5.97 Å². The Kier molecular flexibility index (Phi) is 3.64. The number of carboxylic acids is 1. The number of rotatable bonds is 2. The van der Waals surface area contributed by atoms with Crippen LogP contribution in [0.2, 0.25) is 0 Å². The second kappa shape index (κ2) is 4.90. The van der Waals surface area contributed by atoms with Crippen molar-refractivity contribution in [2.24, 2.45) is 0 Å². The first-order valence-corrected chi connectivity index (χ1v) is 6.59. The monoisotopic (exact) mass is 313 g/mol. The molecule has 1 N–H and O–H groups in total. The second-order valence-electron chi connectivity index (χ2n) is 4.99. The Morgan fingerprint density at radius 2 is 2.22 bits per heavy atom. The van der Waals surface area contributed by atoms with Gasteiger partial charge in [-0.2, -0.15) is 0 Å². The Labute approximate surface area is 115 Å². The predicted molar refractivity (Wildman–Crippen MR) is 73.3 cm³/mol. The second-order valence-corrected chi connectivity index (χ2v) is 5.84. The molecule has 0 atom stereocenters. The highest BCUT2D eigenvalue weighted by atomic mass is 79.9. The number of halogens is 1. The summed E-state index contributed by atoms with van der Waals surface area (Å²) in [6.45, 7) is 6.41. The van der Waals surface area contributed by atoms with Gasteiger partial charge in [-0.3, -0.25) is 0 Å². The maximum Gasteiger partial charge on any atom is 0.336 e. The number of hydrogen-bond donors (Lipinski definition) is 1. The lowest BCUT2D eigenvalue weighted by atomic mass is 10.0. The first-order chi connectivity index (χ1) is 8.42. The molecule has 0 bridgehead atoms. The summed E-state index contributed by atoms with van der Waals surface area (Å²) in [5.74, 6) is -0.922. The minimum Gasteiger partial charge on any atom is -0.478 e. The lowest BCUT2D eigenvalue weighted by Crippen LogP contribution is -2.53. The fourth-order valence-corrected chi connectivity index (χ4v) is 2.72. The van der Waals surface area contributed by atoms with Crippen molar-refractivity contribution < 1.29 is 14.6 Å². The van der Waals surface area contributed by atoms with Crippen LogP contribution in [0.15, 0.2) is 22.7 Å². The summed E-state index contributed by atoms with van der Waals surface area (Å²) in [5, 5.41) is 9.01. The molecule has 0 spiro atoms. The molecule has 18 heavy (non-hydrogen) atoms. The standard InChI is InChI=1S/C13H16BrNO3/c1-13(2)8-18-6-5-15(13)9-3-4-10(12(16)17)11(14)7-9/h3-4,7H,5-6,8H2,1-2H3,(H,16,17). The normalized spacial score (nSPS) is 18.7. The fourth-order valence-electron chi connectivity index (χ4n) is 2.18. The van der Waals surface area contributed by atoms with Gasteiger partial charge in [-0.25, -0.2) is 4.79 Å². The number of anilines is 1. The molecule has 1 fully saturated rings. The molecule has 1 aliphatic rings. The van der Waals surface area contributed by atoms with E-state index in [0.29, 0.717) is 17.7 Å². The van der Waals surface area contributed by atoms with Gasteiger partial charge in [-0.15, -0.1) is 0 Å². The summed E-state index contributed by atoms with van der Waals surface area (Å²) in [7, 11) is 0. The van der Waals surface area contributed by atoms with Crippen molar-refractivity contribution in [3.8, 4) is 0 Å². The van der Waals surface area contributed by atoms with Gasteiger partial charge < -0.3 is 14.7 Å². The Bertz CT molecular complexity index is 473. The van der Waals surface area contributed by atoms with Crippen LogP contribution in [0.3, 0.4) is 0 Å². The molecule has 2 rings (SSSR count). The SMILES string of the molecule is CC1(C)COCCN1c1ccc(C(=O)O)c(Br)c1. The molecule has 0 saturated carbocycles. The first-order valence-electron chi connectivity index (χ1n) is 5.80. The van der Waals surface area contributed by atoms with Gasteiger partial charge in [0.25, 0.3) is 0 Å². The van der Waals surface area contributed by atoms with E-state index in [9.17, 15) is 4.79 Å². The molecular formula is C13H16BrNO3. The van der Waals surface area contributed by atoms with E-state index >= 15 is 0 Å². The summed E-state index contributed by atoms with van der Waals surface area (Å²) in [6, 6.07) is 5.34. The summed E-state index contributed by atoms with van der Waals surface area (Å²) >= 11 is 3.31. The van der Waals surface area contributed by atoms with Gasteiger partial charge in [0.15, 0.2) is 0 Å². The van der Waals surface area contributed by atoms with Crippen molar-refractivity contribution in [3.63, 3.8) is 0 Å². The number of carboxylic acid groups (broad SMARTS) is 1. The van der Waals surface area contributed by atoms with Gasteiger partial charge >= 0.3 is 5.97 Å². The van der Waals surface area contributed by atoms with Crippen molar-refractivity contribution in [2.45, 2.75) is 19.4 Å². The van der Waals surface area contributed by atoms with E-state index in [-0.39, 0.29) is 11.1 Å². The highest BCUT2D eigenvalue weighted by molar-refractivity contribution is 9.10. The van der Waals surface area contributed by atoms with Crippen molar-refractivity contribution in [1.29, 1.82) is 0 Å². The number of nitrogens with zero attached hydrogens (tertiary/aromatic N) is 1. The van der Waals surface area contributed by atoms with Crippen molar-refractivity contribution in [3.05, 3.63) is 28.2 Å². The summed E-state index contributed by atoms with van der Waals surface area (Å²) in [4.78, 5) is 13.2. The van der Waals surface area contributed by atoms with Crippen LogP contribution in [0.1, 0.15) is 24.2 Å². The van der Waals surface area contributed by atoms with Crippen LogP contribution in [0.4, 0.5) is 5.69 Å². The van der Waals surface area contributed by atoms with E-state index in [2.05, 4.69) is 34.7 Å². The van der Waals surface area contributed by atoms with Gasteiger partial charge in [0.1, 0.15) is 0 Å². The Hall–Kier alpha value is -1.07. The van der Waals surface area contributed by atoms with E-state index in [1.54, 1.807) is 6.07 Å². The number of carbonyl (C=O) groups is 1. The van der Waals surface area contributed by atoms with Crippen LogP contribution < -0.4 is 4.90 Å². The van der Waals surface area contributed by atoms with E-state index in [1.807, 2.05) is 12.1 Å². The van der Waals surface area contributed by atoms with Crippen molar-refractivity contribution >= 4 is 27.6 Å². The largest absolute Gasteiger partial charge is 0.478 e. The zero-order valence-corrected chi connectivity index (χ0v) is 12.0. The Balaban J connectivity index is 2.34. The molecule has 98 valence electrons. The lowest BCUT2D eigenvalue weighted by molar-refractivity contribution is 0.0643. The lowest BCUT2D eigenvalue weighted by Gasteiger charge is -2.44. The highest BCUT2D eigenvalue weighted by Crippen LogP contribution is 2.30. The van der Waals surface area contributed by atoms with Crippen LogP contribution in [0.5, 0.6) is 0 Å². The average molecular weight is 314 g/mol. The third-order valence-electron chi connectivity index (χ3n) is 3.14. The molecule has 1 saturated heterocycles. The van der Waals surface area contributed by atoms with E-state index in [4.69, 9.17) is 9.84 Å². The number of ether oxygens (including phenoxy) is 1. The minimum absolute atomic E-state index is 0.0809. The molecule has 0 aliphatic carbocycles. The van der Waals surface area contributed by atoms with Crippen molar-refractivity contribution in [2.75, 3.05) is 24.7 Å². The molecule has 1 aromatic rings. The summed E-state index contributed by atoms with van der Waals surface area (Å²) < 4.78 is 6.09. The van der Waals surface area contributed by atoms with Gasteiger partial charge in [-0.1, -0.05) is 0 Å². The van der Waals surface area contributed by atoms with E-state index in [0.717, 1.165) is 12.2 Å². The molecule has 4 nitrogen and oxygen atoms in total. The third-order valence-corrected chi connectivity index (χ3v) is 3.80. The summed E-state index contributed by atoms with van der Waals surface area (Å²) in [5.41, 5.74) is 1.22. The highest BCUT2D eigenvalue weighted by Gasteiger charge is 2.31. The number of aromatic carboxylic acids is 1. The minimum atomic E-state index is -0.922. The van der Waals surface area contributed by atoms with Crippen LogP contribution in [-0.4, -0.2) is 36.4 Å². The topological polar surface area (TPSA) is 49.8 Å². The van der Waals surface area contributed by atoms with E-state index in [1.165, 1.54) is 0 Å². The fraction of sp³-hybridized carbons (Fsp3) is 0.462. The van der Waals surface area contributed by atoms with Gasteiger partial charge in [0.05, 0.1) is 24.3 Å². The molecule has 1 aliphatic heterocycles. The third kappa shape index (κ3) is 2.52. The quantitative estimate of drug-likeness (QED) is 0.912. The molecule has 1 heterocycles. The molecule has 0 radical (unpaired) electrons. The molecule has 0 aromatic heterocycles. The van der Waals surface area contributed by atoms with Crippen LogP contribution in [-0.2, 0) is 4.74 Å². The van der Waals surface area contributed by atoms with Crippen LogP contribution >= 0.6 is 15.9 Å². The molecule has 0 unspecified atom stereocenters. The average Bonchev–Trinajstić information content (AvgIpc) is 2.27.